The smallest absolute Gasteiger partial charge is 0.241 e. The van der Waals surface area contributed by atoms with Crippen LogP contribution >= 0.6 is 0 Å². The first-order valence-electron chi connectivity index (χ1n) is 7.54. The monoisotopic (exact) mass is 297 g/mol. The summed E-state index contributed by atoms with van der Waals surface area (Å²) in [6, 6.07) is 0. The summed E-state index contributed by atoms with van der Waals surface area (Å²) in [7, 11) is 0. The second kappa shape index (κ2) is 4.95. The number of carbonyl (C=O) groups is 2. The standard InChI is InChI=1S/C15H27N3O3/c1-13(2,11(16)19)8-18-12(20)15(17)9-6-5-7-21-10(9)14(15,3)4/h9-10H,5-8,17H2,1-4H3,(H2,16,19)(H,18,20). The van der Waals surface area contributed by atoms with Gasteiger partial charge >= 0.3 is 0 Å². The summed E-state index contributed by atoms with van der Waals surface area (Å²) >= 11 is 0. The maximum absolute atomic E-state index is 12.6. The Morgan fingerprint density at radius 2 is 2.00 bits per heavy atom. The van der Waals surface area contributed by atoms with Crippen LogP contribution < -0.4 is 16.8 Å². The van der Waals surface area contributed by atoms with Crippen LogP contribution in [0.4, 0.5) is 0 Å². The Labute approximate surface area is 126 Å². The van der Waals surface area contributed by atoms with E-state index in [-0.39, 0.29) is 24.5 Å². The van der Waals surface area contributed by atoms with Gasteiger partial charge in [0.05, 0.1) is 11.5 Å². The molecule has 2 amide bonds. The molecule has 0 aromatic heterocycles. The molecule has 2 fully saturated rings. The van der Waals surface area contributed by atoms with E-state index < -0.39 is 22.3 Å². The van der Waals surface area contributed by atoms with Gasteiger partial charge in [-0.05, 0) is 26.7 Å². The lowest BCUT2D eigenvalue weighted by Crippen LogP contribution is -2.82. The van der Waals surface area contributed by atoms with E-state index in [1.165, 1.54) is 0 Å². The first-order valence-corrected chi connectivity index (χ1v) is 7.54. The average Bonchev–Trinajstić information content (AvgIpc) is 2.43. The second-order valence-electron chi connectivity index (χ2n) is 7.56. The van der Waals surface area contributed by atoms with Gasteiger partial charge in [0.2, 0.25) is 11.8 Å². The highest BCUT2D eigenvalue weighted by atomic mass is 16.5. The number of amides is 2. The molecule has 1 saturated heterocycles. The molecule has 2 rings (SSSR count). The molecule has 6 heteroatoms. The SMILES string of the molecule is CC(C)(CNC(=O)C1(N)C2CCCOC2C1(C)C)C(N)=O. The molecular formula is C15H27N3O3. The number of primary amides is 1. The van der Waals surface area contributed by atoms with Crippen LogP contribution in [-0.2, 0) is 14.3 Å². The van der Waals surface area contributed by atoms with Crippen LogP contribution in [0.5, 0.6) is 0 Å². The molecule has 0 aromatic carbocycles. The number of hydrogen-bond acceptors (Lipinski definition) is 4. The molecule has 0 bridgehead atoms. The molecule has 1 saturated carbocycles. The van der Waals surface area contributed by atoms with E-state index in [2.05, 4.69) is 5.32 Å². The van der Waals surface area contributed by atoms with E-state index in [9.17, 15) is 9.59 Å². The van der Waals surface area contributed by atoms with E-state index in [4.69, 9.17) is 16.2 Å². The quantitative estimate of drug-likeness (QED) is 0.686. The van der Waals surface area contributed by atoms with Crippen LogP contribution in [0.2, 0.25) is 0 Å². The third kappa shape index (κ3) is 2.25. The van der Waals surface area contributed by atoms with Crippen molar-refractivity contribution in [3.63, 3.8) is 0 Å². The number of nitrogens with two attached hydrogens (primary N) is 2. The summed E-state index contributed by atoms with van der Waals surface area (Å²) in [4.78, 5) is 24.0. The molecule has 3 unspecified atom stereocenters. The fraction of sp³-hybridized carbons (Fsp3) is 0.867. The van der Waals surface area contributed by atoms with Crippen molar-refractivity contribution in [1.29, 1.82) is 0 Å². The van der Waals surface area contributed by atoms with Crippen molar-refractivity contribution >= 4 is 11.8 Å². The van der Waals surface area contributed by atoms with Crippen LogP contribution in [0.1, 0.15) is 40.5 Å². The molecule has 0 aromatic rings. The number of rotatable bonds is 4. The second-order valence-corrected chi connectivity index (χ2v) is 7.56. The largest absolute Gasteiger partial charge is 0.377 e. The zero-order valence-electron chi connectivity index (χ0n) is 13.4. The highest BCUT2D eigenvalue weighted by Gasteiger charge is 2.70. The molecule has 2 aliphatic rings. The van der Waals surface area contributed by atoms with Crippen LogP contribution in [-0.4, -0.2) is 36.6 Å². The Hall–Kier alpha value is -1.14. The molecule has 1 aliphatic heterocycles. The number of nitrogens with one attached hydrogen (secondary N) is 1. The van der Waals surface area contributed by atoms with E-state index in [0.29, 0.717) is 0 Å². The summed E-state index contributed by atoms with van der Waals surface area (Å²) in [5.41, 5.74) is 9.65. The molecule has 120 valence electrons. The summed E-state index contributed by atoms with van der Waals surface area (Å²) in [6.45, 7) is 8.27. The number of carbonyl (C=O) groups excluding carboxylic acids is 2. The van der Waals surface area contributed by atoms with Crippen molar-refractivity contribution in [2.75, 3.05) is 13.2 Å². The number of fused-ring (bicyclic) bond motifs is 1. The maximum atomic E-state index is 12.6. The van der Waals surface area contributed by atoms with Gasteiger partial charge in [-0.1, -0.05) is 13.8 Å². The summed E-state index contributed by atoms with van der Waals surface area (Å²) in [5, 5.41) is 2.82. The highest BCUT2D eigenvalue weighted by molar-refractivity contribution is 5.90. The maximum Gasteiger partial charge on any atom is 0.241 e. The van der Waals surface area contributed by atoms with Gasteiger partial charge < -0.3 is 21.5 Å². The average molecular weight is 297 g/mol. The summed E-state index contributed by atoms with van der Waals surface area (Å²) in [6.07, 6.45) is 1.86. The summed E-state index contributed by atoms with van der Waals surface area (Å²) < 4.78 is 5.79. The molecule has 1 heterocycles. The van der Waals surface area contributed by atoms with E-state index >= 15 is 0 Å². The number of ether oxygens (including phenoxy) is 1. The van der Waals surface area contributed by atoms with Crippen molar-refractivity contribution in [3.8, 4) is 0 Å². The molecular weight excluding hydrogens is 270 g/mol. The van der Waals surface area contributed by atoms with Crippen molar-refractivity contribution in [2.45, 2.75) is 52.2 Å². The van der Waals surface area contributed by atoms with Crippen LogP contribution in [0.15, 0.2) is 0 Å². The van der Waals surface area contributed by atoms with Gasteiger partial charge in [0.25, 0.3) is 0 Å². The van der Waals surface area contributed by atoms with Crippen molar-refractivity contribution in [2.24, 2.45) is 28.2 Å². The normalized spacial score (nSPS) is 34.5. The molecule has 0 spiro atoms. The third-order valence-corrected chi connectivity index (χ3v) is 5.42. The highest BCUT2D eigenvalue weighted by Crippen LogP contribution is 2.57. The topological polar surface area (TPSA) is 107 Å². The minimum absolute atomic E-state index is 0.0335. The van der Waals surface area contributed by atoms with Crippen molar-refractivity contribution in [1.82, 2.24) is 5.32 Å². The minimum atomic E-state index is -0.953. The zero-order valence-corrected chi connectivity index (χ0v) is 13.4. The molecule has 3 atom stereocenters. The molecule has 1 aliphatic carbocycles. The third-order valence-electron chi connectivity index (χ3n) is 5.42. The van der Waals surface area contributed by atoms with Gasteiger partial charge in [0, 0.05) is 24.5 Å². The van der Waals surface area contributed by atoms with E-state index in [1.807, 2.05) is 13.8 Å². The van der Waals surface area contributed by atoms with Gasteiger partial charge in [-0.15, -0.1) is 0 Å². The minimum Gasteiger partial charge on any atom is -0.377 e. The lowest BCUT2D eigenvalue weighted by atomic mass is 9.46. The lowest BCUT2D eigenvalue weighted by Gasteiger charge is -2.65. The fourth-order valence-corrected chi connectivity index (χ4v) is 3.57. The first-order chi connectivity index (χ1) is 9.55. The Morgan fingerprint density at radius 1 is 1.38 bits per heavy atom. The Bertz CT molecular complexity index is 461. The van der Waals surface area contributed by atoms with Crippen LogP contribution in [0.3, 0.4) is 0 Å². The fourth-order valence-electron chi connectivity index (χ4n) is 3.57. The Morgan fingerprint density at radius 3 is 2.57 bits per heavy atom. The van der Waals surface area contributed by atoms with Gasteiger partial charge in [-0.25, -0.2) is 0 Å². The van der Waals surface area contributed by atoms with Crippen LogP contribution in [0.25, 0.3) is 0 Å². The van der Waals surface area contributed by atoms with Crippen LogP contribution in [0, 0.1) is 16.7 Å². The molecule has 6 nitrogen and oxygen atoms in total. The molecule has 0 radical (unpaired) electrons. The predicted molar refractivity (Wildman–Crippen MR) is 79.1 cm³/mol. The van der Waals surface area contributed by atoms with E-state index in [0.717, 1.165) is 19.4 Å². The first kappa shape index (κ1) is 16.2. The van der Waals surface area contributed by atoms with Gasteiger partial charge in [-0.2, -0.15) is 0 Å². The van der Waals surface area contributed by atoms with Gasteiger partial charge in [0.1, 0.15) is 5.54 Å². The van der Waals surface area contributed by atoms with Gasteiger partial charge in [0.15, 0.2) is 0 Å². The Balaban J connectivity index is 2.09. The van der Waals surface area contributed by atoms with E-state index in [1.54, 1.807) is 13.8 Å². The lowest BCUT2D eigenvalue weighted by molar-refractivity contribution is -0.225. The zero-order chi connectivity index (χ0) is 16.1. The predicted octanol–water partition coefficient (Wildman–Crippen LogP) is 0.147. The molecule has 21 heavy (non-hydrogen) atoms. The molecule has 5 N–H and O–H groups in total. The Kier molecular flexibility index (Phi) is 3.83. The van der Waals surface area contributed by atoms with Crippen molar-refractivity contribution < 1.29 is 14.3 Å². The van der Waals surface area contributed by atoms with Crippen molar-refractivity contribution in [3.05, 3.63) is 0 Å². The summed E-state index contributed by atoms with van der Waals surface area (Å²) in [5.74, 6) is -0.618. The number of hydrogen-bond donors (Lipinski definition) is 3. The van der Waals surface area contributed by atoms with Gasteiger partial charge in [-0.3, -0.25) is 9.59 Å².